The Labute approximate surface area is 183 Å². The molecule has 1 aliphatic heterocycles. The normalized spacial score (nSPS) is 16.0. The van der Waals surface area contributed by atoms with Crippen molar-refractivity contribution in [3.63, 3.8) is 0 Å². The first-order chi connectivity index (χ1) is 15.5. The lowest BCUT2D eigenvalue weighted by atomic mass is 9.99. The zero-order valence-corrected chi connectivity index (χ0v) is 17.7. The van der Waals surface area contributed by atoms with Crippen LogP contribution in [0.15, 0.2) is 36.8 Å². The van der Waals surface area contributed by atoms with E-state index in [1.165, 1.54) is 6.07 Å². The van der Waals surface area contributed by atoms with Gasteiger partial charge in [0.15, 0.2) is 17.3 Å². The fourth-order valence-electron chi connectivity index (χ4n) is 4.31. The molecule has 0 bridgehead atoms. The molecule has 1 unspecified atom stereocenters. The molecule has 0 spiro atoms. The summed E-state index contributed by atoms with van der Waals surface area (Å²) in [7, 11) is 0. The van der Waals surface area contributed by atoms with Crippen molar-refractivity contribution in [3.8, 4) is 28.6 Å². The number of hydrogen-bond acceptors (Lipinski definition) is 5. The zero-order chi connectivity index (χ0) is 22.4. The van der Waals surface area contributed by atoms with Gasteiger partial charge in [0.05, 0.1) is 22.3 Å². The molecule has 0 aliphatic carbocycles. The van der Waals surface area contributed by atoms with Crippen molar-refractivity contribution >= 4 is 16.9 Å². The molecule has 0 saturated carbocycles. The number of aryl methyl sites for hydroxylation is 1. The van der Waals surface area contributed by atoms with E-state index in [4.69, 9.17) is 0 Å². The lowest BCUT2D eigenvalue weighted by Gasteiger charge is -2.24. The molecule has 160 valence electrons. The topological polar surface area (TPSA) is 81.5 Å². The molecule has 1 aromatic carbocycles. The summed E-state index contributed by atoms with van der Waals surface area (Å²) in [6, 6.07) is 6.13. The van der Waals surface area contributed by atoms with Gasteiger partial charge in [0, 0.05) is 37.2 Å². The first kappa shape index (κ1) is 20.1. The number of pyridine rings is 2. The fourth-order valence-corrected chi connectivity index (χ4v) is 4.31. The molecule has 32 heavy (non-hydrogen) atoms. The highest BCUT2D eigenvalue weighted by Crippen LogP contribution is 2.41. The van der Waals surface area contributed by atoms with E-state index >= 15 is 0 Å². The predicted molar refractivity (Wildman–Crippen MR) is 118 cm³/mol. The summed E-state index contributed by atoms with van der Waals surface area (Å²) in [5.74, 6) is -1.11. The molecular formula is C24H20F2N6. The van der Waals surface area contributed by atoms with Crippen LogP contribution in [-0.4, -0.2) is 33.0 Å². The summed E-state index contributed by atoms with van der Waals surface area (Å²) in [4.78, 5) is 19.0. The number of nitriles is 1. The molecular weight excluding hydrogens is 410 g/mol. The van der Waals surface area contributed by atoms with Crippen LogP contribution in [0.2, 0.25) is 0 Å². The van der Waals surface area contributed by atoms with Gasteiger partial charge >= 0.3 is 0 Å². The number of fused-ring (bicyclic) bond motifs is 1. The average molecular weight is 430 g/mol. The molecule has 5 rings (SSSR count). The van der Waals surface area contributed by atoms with E-state index in [1.54, 1.807) is 24.7 Å². The standard InChI is InChI=1S/C24H20F2N6/c1-13-4-6-32(12-13)22-17(15-7-16(9-27)20(26)19(25)8-15)10-28-11-18(22)23-30-21-14(2)3-5-29-24(21)31-23/h3,5,7-8,10-11,13H,4,6,12H2,1-2H3,(H,29,30,31). The number of benzene rings is 1. The molecule has 0 amide bonds. The number of halogens is 2. The van der Waals surface area contributed by atoms with Crippen molar-refractivity contribution in [3.05, 3.63) is 59.6 Å². The first-order valence-electron chi connectivity index (χ1n) is 10.4. The van der Waals surface area contributed by atoms with E-state index in [9.17, 15) is 14.0 Å². The van der Waals surface area contributed by atoms with Gasteiger partial charge in [-0.05, 0) is 48.6 Å². The maximum atomic E-state index is 14.3. The van der Waals surface area contributed by atoms with Crippen molar-refractivity contribution in [2.45, 2.75) is 20.3 Å². The summed E-state index contributed by atoms with van der Waals surface area (Å²) >= 11 is 0. The predicted octanol–water partition coefficient (Wildman–Crippen LogP) is 4.99. The Balaban J connectivity index is 1.76. The molecule has 0 radical (unpaired) electrons. The second kappa shape index (κ2) is 7.68. The van der Waals surface area contributed by atoms with Crippen LogP contribution >= 0.6 is 0 Å². The molecule has 1 N–H and O–H groups in total. The third kappa shape index (κ3) is 3.26. The second-order valence-electron chi connectivity index (χ2n) is 8.27. The van der Waals surface area contributed by atoms with E-state index in [1.807, 2.05) is 13.0 Å². The zero-order valence-electron chi connectivity index (χ0n) is 17.7. The number of H-pyrrole nitrogens is 1. The molecule has 1 fully saturated rings. The average Bonchev–Trinajstić information content (AvgIpc) is 3.42. The quantitative estimate of drug-likeness (QED) is 0.495. The summed E-state index contributed by atoms with van der Waals surface area (Å²) in [6.45, 7) is 5.79. The van der Waals surface area contributed by atoms with E-state index in [-0.39, 0.29) is 5.56 Å². The maximum absolute atomic E-state index is 14.3. The number of imidazole rings is 1. The van der Waals surface area contributed by atoms with E-state index < -0.39 is 11.6 Å². The molecule has 1 atom stereocenters. The van der Waals surface area contributed by atoms with Gasteiger partial charge in [-0.25, -0.2) is 18.7 Å². The highest BCUT2D eigenvalue weighted by molar-refractivity contribution is 5.91. The summed E-state index contributed by atoms with van der Waals surface area (Å²) in [6.07, 6.45) is 6.08. The third-order valence-corrected chi connectivity index (χ3v) is 5.97. The van der Waals surface area contributed by atoms with Crippen molar-refractivity contribution < 1.29 is 8.78 Å². The minimum atomic E-state index is -1.14. The third-order valence-electron chi connectivity index (χ3n) is 5.97. The lowest BCUT2D eigenvalue weighted by Crippen LogP contribution is -2.21. The molecule has 6 nitrogen and oxygen atoms in total. The summed E-state index contributed by atoms with van der Waals surface area (Å²) in [5.41, 5.74) is 4.72. The number of rotatable bonds is 3. The van der Waals surface area contributed by atoms with Gasteiger partial charge in [0.2, 0.25) is 0 Å². The van der Waals surface area contributed by atoms with Gasteiger partial charge in [-0.3, -0.25) is 4.98 Å². The first-order valence-corrected chi connectivity index (χ1v) is 10.4. The van der Waals surface area contributed by atoms with E-state index in [2.05, 4.69) is 31.8 Å². The molecule has 4 heterocycles. The van der Waals surface area contributed by atoms with Gasteiger partial charge in [-0.1, -0.05) is 6.92 Å². The number of nitrogens with zero attached hydrogens (tertiary/aromatic N) is 5. The van der Waals surface area contributed by atoms with Gasteiger partial charge in [0.1, 0.15) is 11.9 Å². The number of nitrogens with one attached hydrogen (secondary N) is 1. The van der Waals surface area contributed by atoms with Crippen LogP contribution < -0.4 is 4.90 Å². The number of aromatic amines is 1. The fraction of sp³-hybridized carbons (Fsp3) is 0.250. The Hall–Kier alpha value is -3.86. The van der Waals surface area contributed by atoms with Crippen LogP contribution in [-0.2, 0) is 0 Å². The van der Waals surface area contributed by atoms with Gasteiger partial charge in [-0.15, -0.1) is 0 Å². The monoisotopic (exact) mass is 430 g/mol. The van der Waals surface area contributed by atoms with Crippen LogP contribution in [0.1, 0.15) is 24.5 Å². The minimum Gasteiger partial charge on any atom is -0.370 e. The van der Waals surface area contributed by atoms with Crippen LogP contribution in [0.4, 0.5) is 14.5 Å². The van der Waals surface area contributed by atoms with Crippen molar-refractivity contribution in [1.82, 2.24) is 19.9 Å². The minimum absolute atomic E-state index is 0.338. The highest BCUT2D eigenvalue weighted by Gasteiger charge is 2.27. The summed E-state index contributed by atoms with van der Waals surface area (Å²) in [5, 5.41) is 9.26. The summed E-state index contributed by atoms with van der Waals surface area (Å²) < 4.78 is 28.3. The molecule has 3 aromatic heterocycles. The van der Waals surface area contributed by atoms with Crippen LogP contribution in [0, 0.1) is 35.8 Å². The van der Waals surface area contributed by atoms with Crippen LogP contribution in [0.5, 0.6) is 0 Å². The van der Waals surface area contributed by atoms with Crippen molar-refractivity contribution in [2.75, 3.05) is 18.0 Å². The maximum Gasteiger partial charge on any atom is 0.178 e. The Morgan fingerprint density at radius 2 is 2.03 bits per heavy atom. The number of anilines is 1. The number of hydrogen-bond donors (Lipinski definition) is 1. The smallest absolute Gasteiger partial charge is 0.178 e. The van der Waals surface area contributed by atoms with Crippen molar-refractivity contribution in [1.29, 1.82) is 5.26 Å². The molecule has 1 aliphatic rings. The Morgan fingerprint density at radius 1 is 1.22 bits per heavy atom. The van der Waals surface area contributed by atoms with Crippen LogP contribution in [0.25, 0.3) is 33.7 Å². The van der Waals surface area contributed by atoms with Gasteiger partial charge in [-0.2, -0.15) is 5.26 Å². The SMILES string of the molecule is Cc1ccnc2nc(-c3cncc(-c4cc(F)c(F)c(C#N)c4)c3N3CCC(C)C3)[nH]c12. The van der Waals surface area contributed by atoms with Crippen LogP contribution in [0.3, 0.4) is 0 Å². The Kier molecular flexibility index (Phi) is 4.82. The molecule has 8 heteroatoms. The second-order valence-corrected chi connectivity index (χ2v) is 8.27. The molecule has 1 saturated heterocycles. The van der Waals surface area contributed by atoms with Gasteiger partial charge < -0.3 is 9.88 Å². The largest absolute Gasteiger partial charge is 0.370 e. The Bertz CT molecular complexity index is 1390. The molecule has 4 aromatic rings. The van der Waals surface area contributed by atoms with Crippen molar-refractivity contribution in [2.24, 2.45) is 5.92 Å². The lowest BCUT2D eigenvalue weighted by molar-refractivity contribution is 0.507. The van der Waals surface area contributed by atoms with Gasteiger partial charge in [0.25, 0.3) is 0 Å². The number of aromatic nitrogens is 4. The van der Waals surface area contributed by atoms with E-state index in [0.29, 0.717) is 28.5 Å². The van der Waals surface area contributed by atoms with E-state index in [0.717, 1.165) is 47.9 Å². The Morgan fingerprint density at radius 3 is 2.75 bits per heavy atom. The highest BCUT2D eigenvalue weighted by atomic mass is 19.2.